The number of hydrogen-bond donors (Lipinski definition) is 2. The molecule has 2 bridgehead atoms. The van der Waals surface area contributed by atoms with Crippen LogP contribution < -0.4 is 15.5 Å². The standard InChI is InChI=1S/C20H26N4OS/c1-23-6-8-24(9-7-23)18-12-26-19-5-2-13(10-15(18)19)20(25)22-17-11-14-3-4-16(17)21-14/h2,5,10,12,14,16-17,21H,3-4,6-9,11H2,1H3,(H,22,25)/t14-,16+,17-/m1/s1. The fourth-order valence-electron chi connectivity index (χ4n) is 4.68. The van der Waals surface area contributed by atoms with E-state index >= 15 is 0 Å². The van der Waals surface area contributed by atoms with Crippen molar-refractivity contribution in [3.8, 4) is 0 Å². The van der Waals surface area contributed by atoms with Gasteiger partial charge in [-0.2, -0.15) is 0 Å². The summed E-state index contributed by atoms with van der Waals surface area (Å²) in [5.74, 6) is 0.0711. The zero-order valence-corrected chi connectivity index (χ0v) is 16.0. The normalized spacial score (nSPS) is 28.8. The van der Waals surface area contributed by atoms with Gasteiger partial charge in [0.15, 0.2) is 0 Å². The van der Waals surface area contributed by atoms with Crippen LogP contribution in [0.4, 0.5) is 5.69 Å². The molecule has 2 aromatic rings. The van der Waals surface area contributed by atoms with E-state index in [-0.39, 0.29) is 11.9 Å². The molecule has 0 radical (unpaired) electrons. The molecule has 1 amide bonds. The second-order valence-electron chi connectivity index (χ2n) is 7.99. The van der Waals surface area contributed by atoms with E-state index in [0.29, 0.717) is 12.1 Å². The zero-order chi connectivity index (χ0) is 17.7. The number of hydrogen-bond acceptors (Lipinski definition) is 5. The zero-order valence-electron chi connectivity index (χ0n) is 15.2. The molecule has 3 aliphatic heterocycles. The van der Waals surface area contributed by atoms with Crippen LogP contribution in [-0.4, -0.2) is 62.2 Å². The molecule has 3 fully saturated rings. The fraction of sp³-hybridized carbons (Fsp3) is 0.550. The van der Waals surface area contributed by atoms with Crippen LogP contribution in [0.3, 0.4) is 0 Å². The van der Waals surface area contributed by atoms with Gasteiger partial charge in [0.25, 0.3) is 5.91 Å². The van der Waals surface area contributed by atoms with Crippen molar-refractivity contribution in [2.24, 2.45) is 0 Å². The third-order valence-corrected chi connectivity index (χ3v) is 7.23. The summed E-state index contributed by atoms with van der Waals surface area (Å²) in [6.45, 7) is 4.29. The van der Waals surface area contributed by atoms with Gasteiger partial charge < -0.3 is 20.4 Å². The summed E-state index contributed by atoms with van der Waals surface area (Å²) in [5.41, 5.74) is 2.07. The molecule has 5 rings (SSSR count). The number of thiophene rings is 1. The number of amides is 1. The Bertz CT molecular complexity index is 826. The van der Waals surface area contributed by atoms with E-state index in [1.165, 1.54) is 28.6 Å². The van der Waals surface area contributed by atoms with Gasteiger partial charge in [-0.3, -0.25) is 4.79 Å². The van der Waals surface area contributed by atoms with Gasteiger partial charge in [0.2, 0.25) is 0 Å². The van der Waals surface area contributed by atoms with Gasteiger partial charge in [-0.05, 0) is 44.5 Å². The number of piperazine rings is 1. The number of benzene rings is 1. The molecule has 3 atom stereocenters. The molecule has 26 heavy (non-hydrogen) atoms. The van der Waals surface area contributed by atoms with Crippen LogP contribution in [0.25, 0.3) is 10.1 Å². The molecule has 138 valence electrons. The Balaban J connectivity index is 1.37. The minimum atomic E-state index is 0.0711. The van der Waals surface area contributed by atoms with E-state index in [4.69, 9.17) is 0 Å². The second-order valence-corrected chi connectivity index (χ2v) is 8.90. The number of rotatable bonds is 3. The fourth-order valence-corrected chi connectivity index (χ4v) is 5.64. The molecule has 2 N–H and O–H groups in total. The minimum absolute atomic E-state index is 0.0711. The summed E-state index contributed by atoms with van der Waals surface area (Å²) < 4.78 is 1.26. The Hall–Kier alpha value is -1.63. The van der Waals surface area contributed by atoms with E-state index in [0.717, 1.165) is 38.2 Å². The van der Waals surface area contributed by atoms with Crippen molar-refractivity contribution in [3.05, 3.63) is 29.1 Å². The molecule has 0 aliphatic carbocycles. The van der Waals surface area contributed by atoms with Gasteiger partial charge in [0.1, 0.15) is 0 Å². The number of likely N-dealkylation sites (N-methyl/N-ethyl adjacent to an activating group) is 1. The Morgan fingerprint density at radius 2 is 2.08 bits per heavy atom. The van der Waals surface area contributed by atoms with Gasteiger partial charge in [-0.25, -0.2) is 0 Å². The Morgan fingerprint density at radius 1 is 1.23 bits per heavy atom. The number of carbonyl (C=O) groups excluding carboxylic acids is 1. The molecular weight excluding hydrogens is 344 g/mol. The highest BCUT2D eigenvalue weighted by atomic mass is 32.1. The topological polar surface area (TPSA) is 47.6 Å². The lowest BCUT2D eigenvalue weighted by Crippen LogP contribution is -2.44. The number of nitrogens with zero attached hydrogens (tertiary/aromatic N) is 2. The first kappa shape index (κ1) is 16.5. The maximum Gasteiger partial charge on any atom is 0.251 e. The summed E-state index contributed by atoms with van der Waals surface area (Å²) in [5, 5.41) is 10.3. The van der Waals surface area contributed by atoms with Gasteiger partial charge in [0, 0.05) is 65.3 Å². The first-order valence-electron chi connectivity index (χ1n) is 9.69. The van der Waals surface area contributed by atoms with Gasteiger partial charge in [-0.15, -0.1) is 11.3 Å². The van der Waals surface area contributed by atoms with E-state index in [2.05, 4.69) is 45.0 Å². The van der Waals surface area contributed by atoms with E-state index < -0.39 is 0 Å². The van der Waals surface area contributed by atoms with Crippen LogP contribution in [0.15, 0.2) is 23.6 Å². The lowest BCUT2D eigenvalue weighted by molar-refractivity contribution is 0.0931. The first-order valence-corrected chi connectivity index (χ1v) is 10.6. The lowest BCUT2D eigenvalue weighted by atomic mass is 9.95. The molecule has 5 nitrogen and oxygen atoms in total. The van der Waals surface area contributed by atoms with Gasteiger partial charge in [0.05, 0.1) is 5.69 Å². The highest BCUT2D eigenvalue weighted by Crippen LogP contribution is 2.34. The van der Waals surface area contributed by atoms with Crippen molar-refractivity contribution in [2.75, 3.05) is 38.1 Å². The largest absolute Gasteiger partial charge is 0.368 e. The van der Waals surface area contributed by atoms with Crippen LogP contribution in [0.1, 0.15) is 29.6 Å². The predicted octanol–water partition coefficient (Wildman–Crippen LogP) is 2.28. The Labute approximate surface area is 158 Å². The first-order chi connectivity index (χ1) is 12.7. The maximum atomic E-state index is 12.8. The number of carbonyl (C=O) groups is 1. The Kier molecular flexibility index (Phi) is 4.14. The third kappa shape index (κ3) is 2.90. The van der Waals surface area contributed by atoms with Crippen LogP contribution in [0.5, 0.6) is 0 Å². The molecule has 0 unspecified atom stereocenters. The number of fused-ring (bicyclic) bond motifs is 3. The molecule has 0 spiro atoms. The van der Waals surface area contributed by atoms with Gasteiger partial charge in [-0.1, -0.05) is 0 Å². The third-order valence-electron chi connectivity index (χ3n) is 6.28. The molecule has 4 heterocycles. The average molecular weight is 371 g/mol. The van der Waals surface area contributed by atoms with Crippen molar-refractivity contribution < 1.29 is 4.79 Å². The summed E-state index contributed by atoms with van der Waals surface area (Å²) in [7, 11) is 2.18. The SMILES string of the molecule is CN1CCN(c2csc3ccc(C(=O)N[C@@H]4C[C@H]5CC[C@@H]4N5)cc23)CC1. The van der Waals surface area contributed by atoms with E-state index in [9.17, 15) is 4.79 Å². The predicted molar refractivity (Wildman–Crippen MR) is 107 cm³/mol. The maximum absolute atomic E-state index is 12.8. The lowest BCUT2D eigenvalue weighted by Gasteiger charge is -2.33. The highest BCUT2D eigenvalue weighted by molar-refractivity contribution is 7.17. The smallest absolute Gasteiger partial charge is 0.251 e. The molecule has 6 heteroatoms. The molecule has 1 aromatic carbocycles. The summed E-state index contributed by atoms with van der Waals surface area (Å²) in [4.78, 5) is 17.6. The van der Waals surface area contributed by atoms with Crippen molar-refractivity contribution in [1.82, 2.24) is 15.5 Å². The van der Waals surface area contributed by atoms with Crippen molar-refractivity contribution >= 4 is 33.0 Å². The molecule has 3 aliphatic rings. The average Bonchev–Trinajstić information content (AvgIpc) is 3.37. The summed E-state index contributed by atoms with van der Waals surface area (Å²) >= 11 is 1.77. The van der Waals surface area contributed by atoms with Crippen molar-refractivity contribution in [1.29, 1.82) is 0 Å². The minimum Gasteiger partial charge on any atom is -0.368 e. The Morgan fingerprint density at radius 3 is 2.81 bits per heavy atom. The highest BCUT2D eigenvalue weighted by Gasteiger charge is 2.39. The monoisotopic (exact) mass is 370 g/mol. The van der Waals surface area contributed by atoms with E-state index in [1.807, 2.05) is 6.07 Å². The van der Waals surface area contributed by atoms with Gasteiger partial charge >= 0.3 is 0 Å². The van der Waals surface area contributed by atoms with Crippen molar-refractivity contribution in [3.63, 3.8) is 0 Å². The second kappa shape index (κ2) is 6.51. The van der Waals surface area contributed by atoms with Crippen LogP contribution in [0.2, 0.25) is 0 Å². The molecular formula is C20H26N4OS. The molecule has 1 aromatic heterocycles. The summed E-state index contributed by atoms with van der Waals surface area (Å²) in [6, 6.07) is 7.53. The van der Waals surface area contributed by atoms with Crippen LogP contribution in [-0.2, 0) is 0 Å². The number of nitrogens with one attached hydrogen (secondary N) is 2. The van der Waals surface area contributed by atoms with Crippen LogP contribution >= 0.6 is 11.3 Å². The molecule has 3 saturated heterocycles. The number of anilines is 1. The van der Waals surface area contributed by atoms with Crippen LogP contribution in [0, 0.1) is 0 Å². The quantitative estimate of drug-likeness (QED) is 0.870. The van der Waals surface area contributed by atoms with E-state index in [1.54, 1.807) is 11.3 Å². The summed E-state index contributed by atoms with van der Waals surface area (Å²) in [6.07, 6.45) is 3.52. The van der Waals surface area contributed by atoms with Crippen molar-refractivity contribution in [2.45, 2.75) is 37.4 Å². The molecule has 0 saturated carbocycles.